The first-order chi connectivity index (χ1) is 9.69. The number of para-hydroxylation sites is 1. The van der Waals surface area contributed by atoms with Crippen LogP contribution in [0.25, 0.3) is 21.9 Å². The molecule has 21 heavy (non-hydrogen) atoms. The van der Waals surface area contributed by atoms with Gasteiger partial charge in [-0.1, -0.05) is 71.9 Å². The van der Waals surface area contributed by atoms with Crippen LogP contribution in [0.1, 0.15) is 52.7 Å². The molecule has 110 valence electrons. The second-order valence-corrected chi connectivity index (χ2v) is 7.96. The third-order valence-corrected chi connectivity index (χ3v) is 4.10. The van der Waals surface area contributed by atoms with Crippen LogP contribution < -0.4 is 0 Å². The molecule has 3 rings (SSSR count). The molecule has 0 fully saturated rings. The molecule has 0 amide bonds. The van der Waals surface area contributed by atoms with Gasteiger partial charge < -0.3 is 4.42 Å². The van der Waals surface area contributed by atoms with Crippen molar-refractivity contribution in [2.24, 2.45) is 0 Å². The smallest absolute Gasteiger partial charge is 0.139 e. The minimum atomic E-state index is 0.0516. The second-order valence-electron chi connectivity index (χ2n) is 7.96. The highest BCUT2D eigenvalue weighted by molar-refractivity contribution is 6.06. The summed E-state index contributed by atoms with van der Waals surface area (Å²) >= 11 is 0. The van der Waals surface area contributed by atoms with Crippen LogP contribution >= 0.6 is 0 Å². The van der Waals surface area contributed by atoms with E-state index in [9.17, 15) is 0 Å². The van der Waals surface area contributed by atoms with Crippen LogP contribution in [0, 0.1) is 0 Å². The van der Waals surface area contributed by atoms with Gasteiger partial charge in [-0.05, 0) is 22.5 Å². The number of hydrogen-bond donors (Lipinski definition) is 0. The first kappa shape index (κ1) is 14.2. The van der Waals surface area contributed by atoms with E-state index in [1.807, 2.05) is 6.07 Å². The van der Waals surface area contributed by atoms with Crippen LogP contribution in [0.15, 0.2) is 40.8 Å². The minimum absolute atomic E-state index is 0.0516. The second kappa shape index (κ2) is 4.37. The molecule has 0 atom stereocenters. The Labute approximate surface area is 127 Å². The lowest BCUT2D eigenvalue weighted by Crippen LogP contribution is -2.22. The average Bonchev–Trinajstić information content (AvgIpc) is 2.73. The maximum Gasteiger partial charge on any atom is 0.139 e. The highest BCUT2D eigenvalue weighted by Crippen LogP contribution is 2.41. The van der Waals surface area contributed by atoms with Crippen molar-refractivity contribution in [3.63, 3.8) is 0 Å². The van der Waals surface area contributed by atoms with Crippen molar-refractivity contribution >= 4 is 21.9 Å². The zero-order chi connectivity index (χ0) is 15.4. The molecule has 0 aliphatic carbocycles. The summed E-state index contributed by atoms with van der Waals surface area (Å²) < 4.78 is 6.25. The maximum absolute atomic E-state index is 6.25. The van der Waals surface area contributed by atoms with E-state index in [4.69, 9.17) is 4.42 Å². The van der Waals surface area contributed by atoms with Gasteiger partial charge in [0.05, 0.1) is 0 Å². The summed E-state index contributed by atoms with van der Waals surface area (Å²) in [7, 11) is 0. The third-order valence-electron chi connectivity index (χ3n) is 4.10. The number of benzene rings is 2. The molecular formula is C20H24O. The van der Waals surface area contributed by atoms with Crippen molar-refractivity contribution in [2.75, 3.05) is 0 Å². The Balaban J connectivity index is 2.50. The molecule has 0 spiro atoms. The largest absolute Gasteiger partial charge is 0.456 e. The standard InChI is InChI=1S/C20H24O/c1-19(2,3)15-12-11-14-13-9-7-8-10-16(13)21-18(14)17(15)20(4,5)6/h7-12H,1-6H3. The van der Waals surface area contributed by atoms with Gasteiger partial charge in [-0.25, -0.2) is 0 Å². The summed E-state index contributed by atoms with van der Waals surface area (Å²) in [5, 5.41) is 2.43. The van der Waals surface area contributed by atoms with E-state index in [2.05, 4.69) is 71.9 Å². The van der Waals surface area contributed by atoms with Gasteiger partial charge in [-0.15, -0.1) is 0 Å². The third kappa shape index (κ3) is 2.25. The molecule has 0 unspecified atom stereocenters. The summed E-state index contributed by atoms with van der Waals surface area (Å²) in [6, 6.07) is 12.8. The van der Waals surface area contributed by atoms with Gasteiger partial charge in [0.15, 0.2) is 0 Å². The first-order valence-electron chi connectivity index (χ1n) is 7.65. The van der Waals surface area contributed by atoms with Gasteiger partial charge in [0.25, 0.3) is 0 Å². The molecule has 3 aromatic rings. The van der Waals surface area contributed by atoms with E-state index < -0.39 is 0 Å². The molecule has 0 N–H and O–H groups in total. The maximum atomic E-state index is 6.25. The average molecular weight is 280 g/mol. The lowest BCUT2D eigenvalue weighted by molar-refractivity contribution is 0.523. The fourth-order valence-electron chi connectivity index (χ4n) is 3.16. The predicted octanol–water partition coefficient (Wildman–Crippen LogP) is 6.18. The normalized spacial score (nSPS) is 13.2. The van der Waals surface area contributed by atoms with Crippen molar-refractivity contribution in [1.29, 1.82) is 0 Å². The quantitative estimate of drug-likeness (QED) is 0.479. The molecule has 2 aromatic carbocycles. The van der Waals surface area contributed by atoms with E-state index >= 15 is 0 Å². The van der Waals surface area contributed by atoms with Crippen LogP contribution in [0.2, 0.25) is 0 Å². The van der Waals surface area contributed by atoms with Crippen LogP contribution in [0.4, 0.5) is 0 Å². The Morgan fingerprint density at radius 2 is 1.38 bits per heavy atom. The number of rotatable bonds is 0. The monoisotopic (exact) mass is 280 g/mol. The number of hydrogen-bond acceptors (Lipinski definition) is 1. The summed E-state index contributed by atoms with van der Waals surface area (Å²) in [5.74, 6) is 0. The Kier molecular flexibility index (Phi) is 2.95. The van der Waals surface area contributed by atoms with E-state index in [-0.39, 0.29) is 10.8 Å². The molecular weight excluding hydrogens is 256 g/mol. The van der Waals surface area contributed by atoms with Crippen LogP contribution in [-0.4, -0.2) is 0 Å². The summed E-state index contributed by atoms with van der Waals surface area (Å²) in [6.45, 7) is 13.6. The molecule has 1 heteroatoms. The van der Waals surface area contributed by atoms with Crippen molar-refractivity contribution in [3.8, 4) is 0 Å². The molecule has 0 radical (unpaired) electrons. The molecule has 0 aliphatic rings. The lowest BCUT2D eigenvalue weighted by atomic mass is 9.74. The molecule has 1 nitrogen and oxygen atoms in total. The van der Waals surface area contributed by atoms with Crippen LogP contribution in [0.5, 0.6) is 0 Å². The highest BCUT2D eigenvalue weighted by Gasteiger charge is 2.29. The molecule has 0 saturated carbocycles. The number of fused-ring (bicyclic) bond motifs is 3. The SMILES string of the molecule is CC(C)(C)c1ccc2c(oc3ccccc32)c1C(C)(C)C. The van der Waals surface area contributed by atoms with Gasteiger partial charge >= 0.3 is 0 Å². The zero-order valence-electron chi connectivity index (χ0n) is 13.9. The van der Waals surface area contributed by atoms with E-state index in [1.165, 1.54) is 21.9 Å². The van der Waals surface area contributed by atoms with Gasteiger partial charge in [0, 0.05) is 16.3 Å². The van der Waals surface area contributed by atoms with Crippen molar-refractivity contribution < 1.29 is 4.42 Å². The lowest BCUT2D eigenvalue weighted by Gasteiger charge is -2.30. The molecule has 1 aromatic heterocycles. The Morgan fingerprint density at radius 3 is 2.00 bits per heavy atom. The van der Waals surface area contributed by atoms with E-state index in [0.717, 1.165) is 11.2 Å². The Hall–Kier alpha value is -1.76. The molecule has 0 saturated heterocycles. The fraction of sp³-hybridized carbons (Fsp3) is 0.400. The van der Waals surface area contributed by atoms with Gasteiger partial charge in [0.1, 0.15) is 11.2 Å². The zero-order valence-corrected chi connectivity index (χ0v) is 13.9. The van der Waals surface area contributed by atoms with Gasteiger partial charge in [-0.2, -0.15) is 0 Å². The molecule has 1 heterocycles. The summed E-state index contributed by atoms with van der Waals surface area (Å²) in [4.78, 5) is 0. The van der Waals surface area contributed by atoms with Crippen molar-refractivity contribution in [3.05, 3.63) is 47.5 Å². The highest BCUT2D eigenvalue weighted by atomic mass is 16.3. The minimum Gasteiger partial charge on any atom is -0.456 e. The van der Waals surface area contributed by atoms with Crippen molar-refractivity contribution in [2.45, 2.75) is 52.4 Å². The first-order valence-corrected chi connectivity index (χ1v) is 7.65. The van der Waals surface area contributed by atoms with Gasteiger partial charge in [-0.3, -0.25) is 0 Å². The summed E-state index contributed by atoms with van der Waals surface area (Å²) in [6.07, 6.45) is 0. The molecule has 0 bridgehead atoms. The molecule has 0 aliphatic heterocycles. The van der Waals surface area contributed by atoms with Crippen LogP contribution in [-0.2, 0) is 10.8 Å². The van der Waals surface area contributed by atoms with Crippen LogP contribution in [0.3, 0.4) is 0 Å². The predicted molar refractivity (Wildman–Crippen MR) is 91.1 cm³/mol. The van der Waals surface area contributed by atoms with Gasteiger partial charge in [0.2, 0.25) is 0 Å². The van der Waals surface area contributed by atoms with E-state index in [0.29, 0.717) is 0 Å². The Bertz CT molecular complexity index is 807. The van der Waals surface area contributed by atoms with Crippen molar-refractivity contribution in [1.82, 2.24) is 0 Å². The fourth-order valence-corrected chi connectivity index (χ4v) is 3.16. The topological polar surface area (TPSA) is 13.1 Å². The number of furan rings is 1. The Morgan fingerprint density at radius 1 is 0.714 bits per heavy atom. The van der Waals surface area contributed by atoms with E-state index in [1.54, 1.807) is 0 Å². The summed E-state index contributed by atoms with van der Waals surface area (Å²) in [5.41, 5.74) is 4.90.